The van der Waals surface area contributed by atoms with Crippen LogP contribution in [0.2, 0.25) is 0 Å². The minimum Gasteiger partial charge on any atom is -0.330 e. The molecule has 0 amide bonds. The molecular formula is C11H14FNO. The number of carbonyl (C=O) groups is 1. The summed E-state index contributed by atoms with van der Waals surface area (Å²) >= 11 is 0. The van der Waals surface area contributed by atoms with Gasteiger partial charge in [0.1, 0.15) is 5.82 Å². The molecule has 0 saturated carbocycles. The molecule has 0 spiro atoms. The second kappa shape index (κ2) is 4.33. The summed E-state index contributed by atoms with van der Waals surface area (Å²) in [7, 11) is 0. The van der Waals surface area contributed by atoms with E-state index in [9.17, 15) is 9.18 Å². The quantitative estimate of drug-likeness (QED) is 0.749. The Morgan fingerprint density at radius 1 is 1.43 bits per heavy atom. The van der Waals surface area contributed by atoms with Crippen molar-refractivity contribution in [3.05, 3.63) is 34.6 Å². The zero-order valence-electron chi connectivity index (χ0n) is 8.43. The first kappa shape index (κ1) is 10.9. The van der Waals surface area contributed by atoms with Crippen molar-refractivity contribution in [3.63, 3.8) is 0 Å². The molecule has 1 aromatic carbocycles. The van der Waals surface area contributed by atoms with E-state index in [2.05, 4.69) is 0 Å². The molecule has 0 bridgehead atoms. The normalized spacial score (nSPS) is 10.3. The third-order valence-electron chi connectivity index (χ3n) is 2.26. The van der Waals surface area contributed by atoms with Gasteiger partial charge in [-0.05, 0) is 37.6 Å². The van der Waals surface area contributed by atoms with E-state index in [1.54, 1.807) is 19.9 Å². The Balaban J connectivity index is 3.18. The molecule has 0 aliphatic rings. The third-order valence-corrected chi connectivity index (χ3v) is 2.26. The van der Waals surface area contributed by atoms with Crippen LogP contribution in [0.15, 0.2) is 12.1 Å². The fourth-order valence-electron chi connectivity index (χ4n) is 1.51. The maximum Gasteiger partial charge on any atom is 0.164 e. The monoisotopic (exact) mass is 195 g/mol. The number of ketones is 1. The van der Waals surface area contributed by atoms with Crippen molar-refractivity contribution in [2.75, 3.05) is 6.54 Å². The van der Waals surface area contributed by atoms with Crippen LogP contribution in [0, 0.1) is 19.7 Å². The van der Waals surface area contributed by atoms with Gasteiger partial charge in [-0.15, -0.1) is 0 Å². The minimum absolute atomic E-state index is 0.0815. The molecule has 2 N–H and O–H groups in total. The summed E-state index contributed by atoms with van der Waals surface area (Å²) in [4.78, 5) is 11.6. The molecule has 0 fully saturated rings. The SMILES string of the molecule is Cc1ccc(F)c(C)c1C(=O)CCN. The summed E-state index contributed by atoms with van der Waals surface area (Å²) in [5.74, 6) is -0.419. The van der Waals surface area contributed by atoms with Gasteiger partial charge in [0, 0.05) is 12.0 Å². The van der Waals surface area contributed by atoms with Gasteiger partial charge in [-0.2, -0.15) is 0 Å². The van der Waals surface area contributed by atoms with Crippen molar-refractivity contribution in [3.8, 4) is 0 Å². The minimum atomic E-state index is -0.337. The summed E-state index contributed by atoms with van der Waals surface area (Å²) in [5, 5.41) is 0. The second-order valence-electron chi connectivity index (χ2n) is 3.33. The molecule has 0 atom stereocenters. The molecule has 0 heterocycles. The molecular weight excluding hydrogens is 181 g/mol. The standard InChI is InChI=1S/C11H14FNO/c1-7-3-4-9(12)8(2)11(7)10(14)5-6-13/h3-4H,5-6,13H2,1-2H3. The number of benzene rings is 1. The molecule has 3 heteroatoms. The van der Waals surface area contributed by atoms with Crippen LogP contribution in [0.1, 0.15) is 27.9 Å². The molecule has 1 rings (SSSR count). The van der Waals surface area contributed by atoms with Crippen molar-refractivity contribution < 1.29 is 9.18 Å². The van der Waals surface area contributed by atoms with Gasteiger partial charge in [0.05, 0.1) is 0 Å². The van der Waals surface area contributed by atoms with E-state index in [1.165, 1.54) is 6.07 Å². The summed E-state index contributed by atoms with van der Waals surface area (Å²) in [6.07, 6.45) is 0.269. The Morgan fingerprint density at radius 3 is 2.64 bits per heavy atom. The summed E-state index contributed by atoms with van der Waals surface area (Å²) in [5.41, 5.74) is 7.00. The summed E-state index contributed by atoms with van der Waals surface area (Å²) < 4.78 is 13.2. The van der Waals surface area contributed by atoms with Gasteiger partial charge in [0.25, 0.3) is 0 Å². The van der Waals surface area contributed by atoms with E-state index in [0.717, 1.165) is 5.56 Å². The first-order valence-corrected chi connectivity index (χ1v) is 4.57. The lowest BCUT2D eigenvalue weighted by Crippen LogP contribution is -2.11. The van der Waals surface area contributed by atoms with E-state index in [1.807, 2.05) is 0 Å². The largest absolute Gasteiger partial charge is 0.330 e. The average Bonchev–Trinajstić information content (AvgIpc) is 2.13. The van der Waals surface area contributed by atoms with Gasteiger partial charge >= 0.3 is 0 Å². The molecule has 0 unspecified atom stereocenters. The fraction of sp³-hybridized carbons (Fsp3) is 0.364. The van der Waals surface area contributed by atoms with Crippen LogP contribution in [0.5, 0.6) is 0 Å². The highest BCUT2D eigenvalue weighted by Crippen LogP contribution is 2.18. The van der Waals surface area contributed by atoms with Crippen LogP contribution < -0.4 is 5.73 Å². The van der Waals surface area contributed by atoms with Gasteiger partial charge < -0.3 is 5.73 Å². The molecule has 1 aromatic rings. The smallest absolute Gasteiger partial charge is 0.164 e. The lowest BCUT2D eigenvalue weighted by molar-refractivity contribution is 0.0984. The number of Topliss-reactive ketones (excluding diaryl/α,β-unsaturated/α-hetero) is 1. The third kappa shape index (κ3) is 1.99. The summed E-state index contributed by atoms with van der Waals surface area (Å²) in [6.45, 7) is 3.72. The van der Waals surface area contributed by atoms with Crippen LogP contribution in [-0.4, -0.2) is 12.3 Å². The predicted octanol–water partition coefficient (Wildman–Crippen LogP) is 1.97. The van der Waals surface area contributed by atoms with Crippen LogP contribution >= 0.6 is 0 Å². The Bertz CT molecular complexity index is 361. The molecule has 0 aromatic heterocycles. The van der Waals surface area contributed by atoms with Gasteiger partial charge in [-0.25, -0.2) is 4.39 Å². The number of carbonyl (C=O) groups excluding carboxylic acids is 1. The topological polar surface area (TPSA) is 43.1 Å². The van der Waals surface area contributed by atoms with E-state index < -0.39 is 0 Å². The second-order valence-corrected chi connectivity index (χ2v) is 3.33. The van der Waals surface area contributed by atoms with E-state index in [0.29, 0.717) is 17.7 Å². The number of hydrogen-bond donors (Lipinski definition) is 1. The maximum absolute atomic E-state index is 13.2. The highest BCUT2D eigenvalue weighted by atomic mass is 19.1. The zero-order valence-corrected chi connectivity index (χ0v) is 8.43. The lowest BCUT2D eigenvalue weighted by atomic mass is 9.97. The van der Waals surface area contributed by atoms with Crippen molar-refractivity contribution in [2.45, 2.75) is 20.3 Å². The van der Waals surface area contributed by atoms with Crippen LogP contribution in [-0.2, 0) is 0 Å². The first-order chi connectivity index (χ1) is 6.57. The number of hydrogen-bond acceptors (Lipinski definition) is 2. The van der Waals surface area contributed by atoms with Crippen molar-refractivity contribution in [1.29, 1.82) is 0 Å². The molecule has 0 aliphatic carbocycles. The molecule has 0 saturated heterocycles. The van der Waals surface area contributed by atoms with Crippen molar-refractivity contribution in [1.82, 2.24) is 0 Å². The zero-order chi connectivity index (χ0) is 10.7. The Hall–Kier alpha value is -1.22. The van der Waals surface area contributed by atoms with E-state index in [-0.39, 0.29) is 18.0 Å². The number of rotatable bonds is 3. The molecule has 0 aliphatic heterocycles. The van der Waals surface area contributed by atoms with Crippen LogP contribution in [0.4, 0.5) is 4.39 Å². The van der Waals surface area contributed by atoms with Gasteiger partial charge in [0.15, 0.2) is 5.78 Å². The Kier molecular flexibility index (Phi) is 3.36. The highest BCUT2D eigenvalue weighted by Gasteiger charge is 2.13. The molecule has 2 nitrogen and oxygen atoms in total. The van der Waals surface area contributed by atoms with E-state index >= 15 is 0 Å². The van der Waals surface area contributed by atoms with Crippen LogP contribution in [0.3, 0.4) is 0 Å². The summed E-state index contributed by atoms with van der Waals surface area (Å²) in [6, 6.07) is 3.00. The van der Waals surface area contributed by atoms with Crippen molar-refractivity contribution >= 4 is 5.78 Å². The first-order valence-electron chi connectivity index (χ1n) is 4.57. The predicted molar refractivity (Wildman–Crippen MR) is 53.9 cm³/mol. The molecule has 76 valence electrons. The van der Waals surface area contributed by atoms with Gasteiger partial charge in [0.2, 0.25) is 0 Å². The fourth-order valence-corrected chi connectivity index (χ4v) is 1.51. The van der Waals surface area contributed by atoms with Gasteiger partial charge in [-0.1, -0.05) is 6.07 Å². The van der Waals surface area contributed by atoms with E-state index in [4.69, 9.17) is 5.73 Å². The number of halogens is 1. The average molecular weight is 195 g/mol. The van der Waals surface area contributed by atoms with Crippen LogP contribution in [0.25, 0.3) is 0 Å². The lowest BCUT2D eigenvalue weighted by Gasteiger charge is -2.08. The molecule has 14 heavy (non-hydrogen) atoms. The Morgan fingerprint density at radius 2 is 2.07 bits per heavy atom. The number of nitrogens with two attached hydrogens (primary N) is 1. The maximum atomic E-state index is 13.2. The van der Waals surface area contributed by atoms with Gasteiger partial charge in [-0.3, -0.25) is 4.79 Å². The Labute approximate surface area is 82.9 Å². The molecule has 0 radical (unpaired) electrons. The van der Waals surface area contributed by atoms with Crippen molar-refractivity contribution in [2.24, 2.45) is 5.73 Å². The number of aryl methyl sites for hydroxylation is 1. The highest BCUT2D eigenvalue weighted by molar-refractivity contribution is 5.98.